The SMILES string of the molecule is NP=O.[H-].[H-].[H-].[Na+].[Na+].[Na+]. The minimum atomic E-state index is -0.333. The molecule has 0 amide bonds. The Morgan fingerprint density at radius 2 is 1.33 bits per heavy atom. The van der Waals surface area contributed by atoms with Crippen LogP contribution in [0.2, 0.25) is 0 Å². The molecule has 0 heterocycles. The van der Waals surface area contributed by atoms with Crippen molar-refractivity contribution < 1.29 is 97.5 Å². The minimum absolute atomic E-state index is 0. The van der Waals surface area contributed by atoms with Gasteiger partial charge in [0, 0.05) is 0 Å². The van der Waals surface area contributed by atoms with Crippen LogP contribution in [0.3, 0.4) is 0 Å². The summed E-state index contributed by atoms with van der Waals surface area (Å²) in [5, 5.41) is 0. The van der Waals surface area contributed by atoms with Gasteiger partial charge in [0.1, 0.15) is 0 Å². The normalized spacial score (nSPS) is 3.50. The molecule has 0 saturated carbocycles. The van der Waals surface area contributed by atoms with Crippen LogP contribution in [0, 0.1) is 0 Å². The van der Waals surface area contributed by atoms with Gasteiger partial charge in [0.25, 0.3) is 0 Å². The third kappa shape index (κ3) is 27.7. The molecule has 6 heavy (non-hydrogen) atoms. The first kappa shape index (κ1) is 23.0. The molecule has 0 radical (unpaired) electrons. The summed E-state index contributed by atoms with van der Waals surface area (Å²) >= 11 is 0. The Morgan fingerprint density at radius 3 is 1.33 bits per heavy atom. The Kier molecular flexibility index (Phi) is 93.4. The summed E-state index contributed by atoms with van der Waals surface area (Å²) in [6.07, 6.45) is 0. The molecule has 0 aromatic heterocycles. The maximum atomic E-state index is 8.68. The van der Waals surface area contributed by atoms with Gasteiger partial charge in [-0.1, -0.05) is 0 Å². The van der Waals surface area contributed by atoms with Crippen LogP contribution in [0.5, 0.6) is 0 Å². The Morgan fingerprint density at radius 1 is 1.33 bits per heavy atom. The van der Waals surface area contributed by atoms with E-state index in [-0.39, 0.29) is 102 Å². The van der Waals surface area contributed by atoms with Crippen molar-refractivity contribution in [1.29, 1.82) is 0 Å². The summed E-state index contributed by atoms with van der Waals surface area (Å²) < 4.78 is 8.68. The maximum absolute atomic E-state index is 8.68. The fourth-order valence-corrected chi connectivity index (χ4v) is 0. The fourth-order valence-electron chi connectivity index (χ4n) is 0. The van der Waals surface area contributed by atoms with Gasteiger partial charge >= 0.3 is 88.7 Å². The van der Waals surface area contributed by atoms with Crippen LogP contribution in [-0.2, 0) is 4.57 Å². The van der Waals surface area contributed by atoms with Gasteiger partial charge in [-0.2, -0.15) is 0 Å². The Labute approximate surface area is 110 Å². The van der Waals surface area contributed by atoms with Gasteiger partial charge in [-0.15, -0.1) is 0 Å². The molecule has 0 spiro atoms. The third-order valence-electron chi connectivity index (χ3n) is 0. The zero-order valence-electron chi connectivity index (χ0n) is 7.43. The second kappa shape index (κ2) is 24.4. The number of hydrogen-bond acceptors (Lipinski definition) is 1. The van der Waals surface area contributed by atoms with Crippen molar-refractivity contribution in [2.75, 3.05) is 0 Å². The number of nitrogens with two attached hydrogens (primary N) is 1. The molecular formula is H5NNa3OP. The molecule has 0 rings (SSSR count). The van der Waals surface area contributed by atoms with E-state index < -0.39 is 0 Å². The smallest absolute Gasteiger partial charge is 1.00 e. The van der Waals surface area contributed by atoms with Gasteiger partial charge < -0.3 is 4.28 Å². The van der Waals surface area contributed by atoms with Crippen molar-refractivity contribution in [3.05, 3.63) is 0 Å². The van der Waals surface area contributed by atoms with E-state index in [0.29, 0.717) is 0 Å². The Bertz CT molecular complexity index is 26.5. The van der Waals surface area contributed by atoms with Crippen LogP contribution in [0.25, 0.3) is 0 Å². The van der Waals surface area contributed by atoms with Crippen molar-refractivity contribution in [3.8, 4) is 0 Å². The van der Waals surface area contributed by atoms with Crippen LogP contribution in [0.15, 0.2) is 0 Å². The first-order valence-electron chi connectivity index (χ1n) is 0.441. The summed E-state index contributed by atoms with van der Waals surface area (Å²) in [7, 11) is -0.333. The van der Waals surface area contributed by atoms with Gasteiger partial charge in [0.05, 0.1) is 0 Å². The van der Waals surface area contributed by atoms with Crippen molar-refractivity contribution in [2.45, 2.75) is 0 Å². The number of hydrogen-bond donors (Lipinski definition) is 1. The van der Waals surface area contributed by atoms with E-state index in [1.807, 2.05) is 0 Å². The Hall–Kier alpha value is 3.06. The molecule has 2 N–H and O–H groups in total. The van der Waals surface area contributed by atoms with E-state index in [0.717, 1.165) is 0 Å². The summed E-state index contributed by atoms with van der Waals surface area (Å²) in [5.41, 5.74) is 4.26. The maximum Gasteiger partial charge on any atom is 1.00 e. The first-order chi connectivity index (χ1) is 1.41. The van der Waals surface area contributed by atoms with Gasteiger partial charge in [0.15, 0.2) is 0 Å². The van der Waals surface area contributed by atoms with E-state index in [9.17, 15) is 0 Å². The zero-order valence-corrected chi connectivity index (χ0v) is 11.3. The van der Waals surface area contributed by atoms with Gasteiger partial charge in [0.2, 0.25) is 8.61 Å². The summed E-state index contributed by atoms with van der Waals surface area (Å²) in [5.74, 6) is 0. The van der Waals surface area contributed by atoms with Crippen LogP contribution in [0.4, 0.5) is 0 Å². The van der Waals surface area contributed by atoms with Crippen molar-refractivity contribution in [3.63, 3.8) is 0 Å². The molecule has 0 bridgehead atoms. The van der Waals surface area contributed by atoms with Crippen molar-refractivity contribution in [2.24, 2.45) is 5.50 Å². The molecule has 6 heteroatoms. The summed E-state index contributed by atoms with van der Waals surface area (Å²) in [4.78, 5) is 0. The molecule has 0 aromatic carbocycles. The van der Waals surface area contributed by atoms with Crippen LogP contribution in [0.1, 0.15) is 4.28 Å². The summed E-state index contributed by atoms with van der Waals surface area (Å²) in [6.45, 7) is 0. The molecule has 0 aliphatic carbocycles. The molecule has 2 nitrogen and oxygen atoms in total. The van der Waals surface area contributed by atoms with Gasteiger partial charge in [-0.05, 0) is 0 Å². The molecule has 0 saturated heterocycles. The van der Waals surface area contributed by atoms with E-state index >= 15 is 0 Å². The fraction of sp³-hybridized carbons (Fsp3) is 0. The second-order valence-electron chi connectivity index (χ2n) is 0.105. The molecule has 0 aromatic rings. The molecule has 0 atom stereocenters. The molecule has 0 unspecified atom stereocenters. The first-order valence-corrected chi connectivity index (χ1v) is 1.32. The van der Waals surface area contributed by atoms with E-state index in [2.05, 4.69) is 5.50 Å². The predicted molar refractivity (Wildman–Crippen MR) is 15.1 cm³/mol. The zero-order chi connectivity index (χ0) is 2.71. The van der Waals surface area contributed by atoms with Crippen LogP contribution in [-0.4, -0.2) is 0 Å². The van der Waals surface area contributed by atoms with Crippen molar-refractivity contribution in [1.82, 2.24) is 0 Å². The molecule has 0 aliphatic heterocycles. The van der Waals surface area contributed by atoms with Gasteiger partial charge in [-0.25, -0.2) is 0 Å². The molecular weight excluding hydrogens is 130 g/mol. The van der Waals surface area contributed by atoms with Crippen molar-refractivity contribution >= 4 is 8.61 Å². The number of rotatable bonds is 0. The molecule has 0 fully saturated rings. The van der Waals surface area contributed by atoms with E-state index in [1.54, 1.807) is 0 Å². The largest absolute Gasteiger partial charge is 1.00 e. The third-order valence-corrected chi connectivity index (χ3v) is 0. The van der Waals surface area contributed by atoms with Crippen LogP contribution >= 0.6 is 8.61 Å². The predicted octanol–water partition coefficient (Wildman–Crippen LogP) is -8.50. The molecule has 24 valence electrons. The Balaban J connectivity index is -0.00000000133. The van der Waals surface area contributed by atoms with E-state index in [1.165, 1.54) is 0 Å². The van der Waals surface area contributed by atoms with Gasteiger partial charge in [-0.3, -0.25) is 10.1 Å². The average molecular weight is 135 g/mol. The van der Waals surface area contributed by atoms with Crippen LogP contribution < -0.4 is 94.2 Å². The minimum Gasteiger partial charge on any atom is -1.00 e. The summed E-state index contributed by atoms with van der Waals surface area (Å²) in [6, 6.07) is 0. The second-order valence-corrected chi connectivity index (χ2v) is 0.316. The standard InChI is InChI=1S/H2NOP.3Na.3H/c1-3-2;;;;;;/h(H2,1,2);;;;;;/q;3*+1;3*-1. The average Bonchev–Trinajstić information content (AvgIpc) is 0.918. The monoisotopic (exact) mass is 135 g/mol. The van der Waals surface area contributed by atoms with E-state index in [4.69, 9.17) is 4.57 Å². The quantitative estimate of drug-likeness (QED) is 0.265. The topological polar surface area (TPSA) is 43.1 Å². The molecule has 0 aliphatic rings.